The molecule has 0 bridgehead atoms. The summed E-state index contributed by atoms with van der Waals surface area (Å²) in [5.41, 5.74) is 0. The number of hydrogen-bond acceptors (Lipinski definition) is 7. The van der Waals surface area contributed by atoms with Crippen LogP contribution < -0.4 is 0 Å². The molecule has 1 heterocycles. The van der Waals surface area contributed by atoms with Crippen molar-refractivity contribution in [1.82, 2.24) is 9.96 Å². The van der Waals surface area contributed by atoms with Gasteiger partial charge in [0.15, 0.2) is 5.79 Å². The average molecular weight is 855 g/mol. The Morgan fingerprint density at radius 1 is 0.574 bits per heavy atom. The normalized spacial score (nSPS) is 15.4. The van der Waals surface area contributed by atoms with Gasteiger partial charge in [-0.1, -0.05) is 153 Å². The molecule has 61 heavy (non-hydrogen) atoms. The number of allylic oxidation sites excluding steroid dienone is 8. The molecule has 0 N–H and O–H groups in total. The SMILES string of the molecule is CCCCC/C=C\C/C=C\CCCCCCCCC1(CCCCCCCC/C=C\C/C=C\CCCCC)OCC(CCN(C)CCCCCC(=O)ON(C=O)C(=O)CCC)O1. The third kappa shape index (κ3) is 33.7. The van der Waals surface area contributed by atoms with E-state index in [-0.39, 0.29) is 25.4 Å². The van der Waals surface area contributed by atoms with Crippen LogP contribution in [0.4, 0.5) is 0 Å². The molecule has 1 rings (SSSR count). The lowest BCUT2D eigenvalue weighted by atomic mass is 9.98. The number of carbonyl (C=O) groups is 3. The second kappa shape index (κ2) is 41.5. The summed E-state index contributed by atoms with van der Waals surface area (Å²) in [6.45, 7) is 8.91. The summed E-state index contributed by atoms with van der Waals surface area (Å²) in [5.74, 6) is -1.46. The highest BCUT2D eigenvalue weighted by molar-refractivity contribution is 5.86. The first-order valence-corrected chi connectivity index (χ1v) is 25.5. The van der Waals surface area contributed by atoms with Crippen molar-refractivity contribution in [2.75, 3.05) is 26.7 Å². The molecular formula is C53H94N2O6. The number of hydrogen-bond donors (Lipinski definition) is 0. The van der Waals surface area contributed by atoms with Crippen molar-refractivity contribution in [3.63, 3.8) is 0 Å². The maximum absolute atomic E-state index is 12.1. The molecule has 8 heteroatoms. The Morgan fingerprint density at radius 2 is 1.05 bits per heavy atom. The topological polar surface area (TPSA) is 85.4 Å². The highest BCUT2D eigenvalue weighted by Gasteiger charge is 2.40. The summed E-state index contributed by atoms with van der Waals surface area (Å²) in [4.78, 5) is 42.4. The second-order valence-corrected chi connectivity index (χ2v) is 17.6. The maximum Gasteiger partial charge on any atom is 0.333 e. The maximum atomic E-state index is 12.1. The molecule has 8 nitrogen and oxygen atoms in total. The van der Waals surface area contributed by atoms with E-state index in [1.54, 1.807) is 0 Å². The lowest BCUT2D eigenvalue weighted by Gasteiger charge is -2.29. The summed E-state index contributed by atoms with van der Waals surface area (Å²) in [5, 5.41) is 0.526. The fourth-order valence-electron chi connectivity index (χ4n) is 7.83. The minimum absolute atomic E-state index is 0.127. The van der Waals surface area contributed by atoms with E-state index in [0.29, 0.717) is 24.5 Å². The standard InChI is InChI=1S/C53H94N2O6/c1-5-8-10-12-14-16-18-20-22-24-26-28-30-32-34-38-44-53(45-39-35-33-31-29-27-25-23-21-19-17-15-13-11-9-6-2)59-48-50(60-53)43-47-54(4)46-40-36-37-42-52(58)61-55(49-56)51(57)41-7-3/h14-17,20-23,49-50H,5-13,18-19,24-48H2,1-4H3/b16-14-,17-15-,22-20-,23-21-. The Bertz CT molecular complexity index is 1120. The summed E-state index contributed by atoms with van der Waals surface area (Å²) >= 11 is 0. The molecule has 1 aliphatic rings. The van der Waals surface area contributed by atoms with Crippen LogP contribution in [0.3, 0.4) is 0 Å². The van der Waals surface area contributed by atoms with E-state index in [9.17, 15) is 14.4 Å². The van der Waals surface area contributed by atoms with Gasteiger partial charge in [-0.15, -0.1) is 5.06 Å². The summed E-state index contributed by atoms with van der Waals surface area (Å²) in [6.07, 6.45) is 55.5. The fraction of sp³-hybridized carbons (Fsp3) is 0.792. The summed E-state index contributed by atoms with van der Waals surface area (Å²) in [7, 11) is 2.15. The van der Waals surface area contributed by atoms with Crippen molar-refractivity contribution >= 4 is 18.3 Å². The molecule has 0 aromatic rings. The van der Waals surface area contributed by atoms with Crippen LogP contribution in [0.2, 0.25) is 0 Å². The van der Waals surface area contributed by atoms with E-state index in [2.05, 4.69) is 74.4 Å². The van der Waals surface area contributed by atoms with Crippen LogP contribution in [0.25, 0.3) is 0 Å². The van der Waals surface area contributed by atoms with E-state index < -0.39 is 17.7 Å². The molecule has 0 radical (unpaired) electrons. The first-order chi connectivity index (χ1) is 29.9. The quantitative estimate of drug-likeness (QED) is 0.0262. The molecule has 0 spiro atoms. The highest BCUT2D eigenvalue weighted by atomic mass is 16.7. The Balaban J connectivity index is 2.39. The van der Waals surface area contributed by atoms with E-state index in [1.165, 1.54) is 128 Å². The van der Waals surface area contributed by atoms with Gasteiger partial charge in [0.25, 0.3) is 12.3 Å². The van der Waals surface area contributed by atoms with Crippen LogP contribution in [0.1, 0.15) is 233 Å². The molecule has 2 amide bonds. The third-order valence-electron chi connectivity index (χ3n) is 11.7. The van der Waals surface area contributed by atoms with Gasteiger partial charge in [0.05, 0.1) is 12.7 Å². The summed E-state index contributed by atoms with van der Waals surface area (Å²) in [6, 6.07) is 0. The number of amides is 2. The lowest BCUT2D eigenvalue weighted by molar-refractivity contribution is -0.196. The van der Waals surface area contributed by atoms with E-state index in [1.807, 2.05) is 6.92 Å². The van der Waals surface area contributed by atoms with E-state index in [0.717, 1.165) is 70.9 Å². The van der Waals surface area contributed by atoms with Crippen molar-refractivity contribution < 1.29 is 28.7 Å². The Labute approximate surface area is 375 Å². The monoisotopic (exact) mass is 855 g/mol. The fourth-order valence-corrected chi connectivity index (χ4v) is 7.83. The van der Waals surface area contributed by atoms with Gasteiger partial charge in [-0.2, -0.15) is 0 Å². The molecule has 1 saturated heterocycles. The van der Waals surface area contributed by atoms with Crippen LogP contribution in [0.15, 0.2) is 48.6 Å². The van der Waals surface area contributed by atoms with Crippen LogP contribution in [0.5, 0.6) is 0 Å². The molecule has 0 aliphatic carbocycles. The molecule has 0 aromatic heterocycles. The number of ether oxygens (including phenoxy) is 2. The Hall–Kier alpha value is -2.55. The number of rotatable bonds is 42. The van der Waals surface area contributed by atoms with Crippen molar-refractivity contribution in [2.45, 2.75) is 245 Å². The van der Waals surface area contributed by atoms with Crippen LogP contribution >= 0.6 is 0 Å². The van der Waals surface area contributed by atoms with Gasteiger partial charge in [-0.25, -0.2) is 4.79 Å². The van der Waals surface area contributed by atoms with Crippen molar-refractivity contribution in [2.24, 2.45) is 0 Å². The minimum Gasteiger partial charge on any atom is -0.347 e. The van der Waals surface area contributed by atoms with Crippen molar-refractivity contribution in [3.05, 3.63) is 48.6 Å². The van der Waals surface area contributed by atoms with E-state index in [4.69, 9.17) is 14.3 Å². The zero-order valence-electron chi connectivity index (χ0n) is 40.1. The number of imide groups is 1. The first-order valence-electron chi connectivity index (χ1n) is 25.5. The van der Waals surface area contributed by atoms with E-state index >= 15 is 0 Å². The molecule has 1 aliphatic heterocycles. The molecule has 352 valence electrons. The summed E-state index contributed by atoms with van der Waals surface area (Å²) < 4.78 is 13.4. The second-order valence-electron chi connectivity index (χ2n) is 17.6. The predicted octanol–water partition coefficient (Wildman–Crippen LogP) is 14.6. The number of carbonyl (C=O) groups excluding carboxylic acids is 3. The highest BCUT2D eigenvalue weighted by Crippen LogP contribution is 2.35. The zero-order valence-corrected chi connectivity index (χ0v) is 40.1. The minimum atomic E-state index is -0.544. The van der Waals surface area contributed by atoms with Gasteiger partial charge >= 0.3 is 5.97 Å². The molecule has 1 fully saturated rings. The Morgan fingerprint density at radius 3 is 1.54 bits per heavy atom. The van der Waals surface area contributed by atoms with Gasteiger partial charge < -0.3 is 19.2 Å². The first kappa shape index (κ1) is 56.5. The van der Waals surface area contributed by atoms with Crippen molar-refractivity contribution in [1.29, 1.82) is 0 Å². The number of nitrogens with zero attached hydrogens (tertiary/aromatic N) is 2. The molecule has 0 aromatic carbocycles. The predicted molar refractivity (Wildman–Crippen MR) is 256 cm³/mol. The van der Waals surface area contributed by atoms with Gasteiger partial charge in [0.2, 0.25) is 0 Å². The van der Waals surface area contributed by atoms with Crippen LogP contribution in [0, 0.1) is 0 Å². The number of hydroxylamine groups is 2. The smallest absolute Gasteiger partial charge is 0.333 e. The Kier molecular flexibility index (Phi) is 38.4. The van der Waals surface area contributed by atoms with Gasteiger partial charge in [-0.05, 0) is 116 Å². The van der Waals surface area contributed by atoms with Gasteiger partial charge in [-0.3, -0.25) is 9.59 Å². The molecule has 1 unspecified atom stereocenters. The van der Waals surface area contributed by atoms with Crippen LogP contribution in [-0.2, 0) is 28.7 Å². The van der Waals surface area contributed by atoms with Crippen LogP contribution in [-0.4, -0.2) is 66.9 Å². The molecule has 0 saturated carbocycles. The van der Waals surface area contributed by atoms with Gasteiger partial charge in [0.1, 0.15) is 0 Å². The number of unbranched alkanes of at least 4 members (excludes halogenated alkanes) is 20. The van der Waals surface area contributed by atoms with Gasteiger partial charge in [0, 0.05) is 32.2 Å². The zero-order chi connectivity index (χ0) is 44.3. The molecular weight excluding hydrogens is 761 g/mol. The molecule has 1 atom stereocenters. The third-order valence-corrected chi connectivity index (χ3v) is 11.7. The largest absolute Gasteiger partial charge is 0.347 e. The lowest BCUT2D eigenvalue weighted by Crippen LogP contribution is -2.32. The van der Waals surface area contributed by atoms with Crippen molar-refractivity contribution in [3.8, 4) is 0 Å². The average Bonchev–Trinajstić information content (AvgIpc) is 3.67.